The van der Waals surface area contributed by atoms with Crippen molar-refractivity contribution in [1.29, 1.82) is 0 Å². The predicted molar refractivity (Wildman–Crippen MR) is 70.0 cm³/mol. The summed E-state index contributed by atoms with van der Waals surface area (Å²) in [6, 6.07) is 0.751. The van der Waals surface area contributed by atoms with E-state index in [4.69, 9.17) is 0 Å². The highest BCUT2D eigenvalue weighted by Crippen LogP contribution is 2.21. The van der Waals surface area contributed by atoms with Crippen molar-refractivity contribution in [3.05, 3.63) is 0 Å². The lowest BCUT2D eigenvalue weighted by molar-refractivity contribution is -0.136. The van der Waals surface area contributed by atoms with Crippen molar-refractivity contribution in [2.45, 2.75) is 53.1 Å². The number of rotatable bonds is 1. The van der Waals surface area contributed by atoms with Crippen molar-refractivity contribution in [2.75, 3.05) is 13.1 Å². The number of hydrogen-bond acceptors (Lipinski definition) is 2. The van der Waals surface area contributed by atoms with Gasteiger partial charge in [0, 0.05) is 31.6 Å². The van der Waals surface area contributed by atoms with E-state index in [0.29, 0.717) is 24.4 Å². The second-order valence-electron chi connectivity index (χ2n) is 5.94. The molecule has 0 aromatic heterocycles. The average Bonchev–Trinajstić information content (AvgIpc) is 2.06. The molecule has 3 nitrogen and oxygen atoms in total. The van der Waals surface area contributed by atoms with Crippen LogP contribution < -0.4 is 5.32 Å². The minimum absolute atomic E-state index is 0. The summed E-state index contributed by atoms with van der Waals surface area (Å²) >= 11 is 0. The van der Waals surface area contributed by atoms with Crippen LogP contribution in [0, 0.1) is 5.41 Å². The summed E-state index contributed by atoms with van der Waals surface area (Å²) in [5, 5.41) is 3.39. The monoisotopic (exact) mass is 248 g/mol. The average molecular weight is 249 g/mol. The minimum atomic E-state index is 0. The molecule has 0 saturated carbocycles. The van der Waals surface area contributed by atoms with Crippen LogP contribution in [0.25, 0.3) is 0 Å². The molecule has 1 heterocycles. The fraction of sp³-hybridized carbons (Fsp3) is 0.917. The molecule has 1 rings (SSSR count). The Balaban J connectivity index is 0.00000225. The second kappa shape index (κ2) is 5.87. The Bertz CT molecular complexity index is 238. The van der Waals surface area contributed by atoms with Crippen LogP contribution in [0.3, 0.4) is 0 Å². The van der Waals surface area contributed by atoms with E-state index in [1.165, 1.54) is 0 Å². The van der Waals surface area contributed by atoms with Crippen molar-refractivity contribution < 1.29 is 4.79 Å². The van der Waals surface area contributed by atoms with Gasteiger partial charge in [-0.3, -0.25) is 4.79 Å². The zero-order chi connectivity index (χ0) is 11.6. The Morgan fingerprint density at radius 2 is 1.94 bits per heavy atom. The van der Waals surface area contributed by atoms with Crippen LogP contribution in [0.2, 0.25) is 0 Å². The maximum atomic E-state index is 12.1. The minimum Gasteiger partial charge on any atom is -0.337 e. The summed E-state index contributed by atoms with van der Waals surface area (Å²) in [4.78, 5) is 14.1. The van der Waals surface area contributed by atoms with Crippen molar-refractivity contribution in [2.24, 2.45) is 5.41 Å². The topological polar surface area (TPSA) is 32.3 Å². The summed E-state index contributed by atoms with van der Waals surface area (Å²) in [6.07, 6.45) is 0.643. The number of piperazine rings is 1. The normalized spacial score (nSPS) is 26.2. The van der Waals surface area contributed by atoms with Crippen LogP contribution in [0.1, 0.15) is 41.0 Å². The molecule has 0 aliphatic carbocycles. The molecule has 16 heavy (non-hydrogen) atoms. The van der Waals surface area contributed by atoms with Crippen LogP contribution in [0.4, 0.5) is 0 Å². The predicted octanol–water partition coefficient (Wildman–Crippen LogP) is 2.05. The lowest BCUT2D eigenvalue weighted by Gasteiger charge is -2.38. The molecule has 1 fully saturated rings. The van der Waals surface area contributed by atoms with E-state index in [9.17, 15) is 4.79 Å². The quantitative estimate of drug-likeness (QED) is 0.771. The number of carbonyl (C=O) groups is 1. The smallest absolute Gasteiger partial charge is 0.223 e. The van der Waals surface area contributed by atoms with Crippen molar-refractivity contribution >= 4 is 18.3 Å². The molecule has 0 spiro atoms. The summed E-state index contributed by atoms with van der Waals surface area (Å²) < 4.78 is 0. The number of nitrogens with one attached hydrogen (secondary N) is 1. The van der Waals surface area contributed by atoms with Crippen LogP contribution in [-0.2, 0) is 4.79 Å². The summed E-state index contributed by atoms with van der Waals surface area (Å²) in [5.41, 5.74) is 0.0882. The molecular formula is C12H25ClN2O. The van der Waals surface area contributed by atoms with Crippen LogP contribution in [0.15, 0.2) is 0 Å². The van der Waals surface area contributed by atoms with E-state index in [0.717, 1.165) is 13.1 Å². The van der Waals surface area contributed by atoms with Crippen molar-refractivity contribution in [3.8, 4) is 0 Å². The van der Waals surface area contributed by atoms with Crippen molar-refractivity contribution in [3.63, 3.8) is 0 Å². The number of hydrogen-bond donors (Lipinski definition) is 1. The fourth-order valence-electron chi connectivity index (χ4n) is 1.92. The molecule has 1 saturated heterocycles. The number of carbonyl (C=O) groups excluding carboxylic acids is 1. The molecule has 1 aliphatic heterocycles. The van der Waals surface area contributed by atoms with Crippen LogP contribution in [-0.4, -0.2) is 36.0 Å². The van der Waals surface area contributed by atoms with E-state index in [-0.39, 0.29) is 17.8 Å². The van der Waals surface area contributed by atoms with Gasteiger partial charge in [0.1, 0.15) is 0 Å². The lowest BCUT2D eigenvalue weighted by atomic mass is 9.91. The molecule has 96 valence electrons. The van der Waals surface area contributed by atoms with Gasteiger partial charge >= 0.3 is 0 Å². The van der Waals surface area contributed by atoms with Gasteiger partial charge in [-0.1, -0.05) is 20.8 Å². The van der Waals surface area contributed by atoms with Gasteiger partial charge in [-0.25, -0.2) is 0 Å². The Morgan fingerprint density at radius 3 is 2.44 bits per heavy atom. The van der Waals surface area contributed by atoms with Gasteiger partial charge in [0.15, 0.2) is 0 Å². The molecule has 1 N–H and O–H groups in total. The molecule has 2 atom stereocenters. The van der Waals surface area contributed by atoms with Crippen molar-refractivity contribution in [1.82, 2.24) is 10.2 Å². The van der Waals surface area contributed by atoms with E-state index >= 15 is 0 Å². The summed E-state index contributed by atoms with van der Waals surface area (Å²) in [5.74, 6) is 0.295. The molecule has 1 aliphatic rings. The summed E-state index contributed by atoms with van der Waals surface area (Å²) in [7, 11) is 0. The molecule has 0 bridgehead atoms. The zero-order valence-corrected chi connectivity index (χ0v) is 11.9. The molecule has 0 aromatic rings. The fourth-order valence-corrected chi connectivity index (χ4v) is 1.92. The first-order chi connectivity index (χ1) is 6.79. The maximum Gasteiger partial charge on any atom is 0.223 e. The van der Waals surface area contributed by atoms with Gasteiger partial charge in [0.25, 0.3) is 0 Å². The highest BCUT2D eigenvalue weighted by Gasteiger charge is 2.28. The second-order valence-corrected chi connectivity index (χ2v) is 5.94. The van der Waals surface area contributed by atoms with E-state index in [2.05, 4.69) is 39.9 Å². The Morgan fingerprint density at radius 1 is 1.38 bits per heavy atom. The largest absolute Gasteiger partial charge is 0.337 e. The SMILES string of the molecule is CC1CN(C(=O)CC(C)(C)C)C(C)CN1.Cl. The molecule has 4 heteroatoms. The number of halogens is 1. The first kappa shape index (κ1) is 15.7. The molecule has 1 amide bonds. The highest BCUT2D eigenvalue weighted by atomic mass is 35.5. The summed E-state index contributed by atoms with van der Waals surface area (Å²) in [6.45, 7) is 12.3. The van der Waals surface area contributed by atoms with Gasteiger partial charge in [-0.15, -0.1) is 12.4 Å². The first-order valence-corrected chi connectivity index (χ1v) is 5.82. The molecule has 0 radical (unpaired) electrons. The highest BCUT2D eigenvalue weighted by molar-refractivity contribution is 5.85. The Labute approximate surface area is 105 Å². The third-order valence-corrected chi connectivity index (χ3v) is 2.77. The molecular weight excluding hydrogens is 224 g/mol. The molecule has 2 unspecified atom stereocenters. The number of amides is 1. The first-order valence-electron chi connectivity index (χ1n) is 5.82. The van der Waals surface area contributed by atoms with Crippen LogP contribution in [0.5, 0.6) is 0 Å². The van der Waals surface area contributed by atoms with E-state index in [1.54, 1.807) is 0 Å². The van der Waals surface area contributed by atoms with Gasteiger partial charge in [-0.2, -0.15) is 0 Å². The standard InChI is InChI=1S/C12H24N2O.ClH/c1-9-8-14(10(2)7-13-9)11(15)6-12(3,4)5;/h9-10,13H,6-8H2,1-5H3;1H. The third kappa shape index (κ3) is 4.71. The van der Waals surface area contributed by atoms with Gasteiger partial charge < -0.3 is 10.2 Å². The third-order valence-electron chi connectivity index (χ3n) is 2.77. The number of nitrogens with zero attached hydrogens (tertiary/aromatic N) is 1. The van der Waals surface area contributed by atoms with Crippen LogP contribution >= 0.6 is 12.4 Å². The van der Waals surface area contributed by atoms with E-state index < -0.39 is 0 Å². The lowest BCUT2D eigenvalue weighted by Crippen LogP contribution is -2.56. The van der Waals surface area contributed by atoms with Gasteiger partial charge in [0.05, 0.1) is 0 Å². The zero-order valence-electron chi connectivity index (χ0n) is 11.0. The molecule has 0 aromatic carbocycles. The maximum absolute atomic E-state index is 12.1. The van der Waals surface area contributed by atoms with Gasteiger partial charge in [-0.05, 0) is 19.3 Å². The van der Waals surface area contributed by atoms with E-state index in [1.807, 2.05) is 4.90 Å². The van der Waals surface area contributed by atoms with Gasteiger partial charge in [0.2, 0.25) is 5.91 Å². The Hall–Kier alpha value is -0.280. The Kier molecular flexibility index (Phi) is 5.77.